The van der Waals surface area contributed by atoms with Gasteiger partial charge >= 0.3 is 42.5 Å². The topological polar surface area (TPSA) is 427 Å². The Balaban J connectivity index is 2.37. The van der Waals surface area contributed by atoms with Crippen LogP contribution in [-0.4, -0.2) is 291 Å². The fourth-order valence-corrected chi connectivity index (χ4v) is 8.19. The molecule has 7 N–H and O–H groups in total. The highest BCUT2D eigenvalue weighted by Gasteiger charge is 2.45. The second kappa shape index (κ2) is 49.2. The minimum absolute atomic E-state index is 0.00378. The summed E-state index contributed by atoms with van der Waals surface area (Å²) in [6, 6.07) is 0. The predicted octanol–water partition coefficient (Wildman–Crippen LogP) is 2.38. The molecule has 92 heavy (non-hydrogen) atoms. The molecule has 7 atom stereocenters. The molecule has 1 rings (SSSR count). The van der Waals surface area contributed by atoms with Gasteiger partial charge in [-0.1, -0.05) is 27.7 Å². The Morgan fingerprint density at radius 2 is 0.859 bits per heavy atom. The summed E-state index contributed by atoms with van der Waals surface area (Å²) in [7, 11) is 0. The molecule has 0 aliphatic carbocycles. The van der Waals surface area contributed by atoms with Gasteiger partial charge < -0.3 is 112 Å². The quantitative estimate of drug-likeness (QED) is 0.0199. The van der Waals surface area contributed by atoms with Crippen LogP contribution in [0.4, 0.5) is 19.2 Å². The molecule has 32 nitrogen and oxygen atoms in total. The van der Waals surface area contributed by atoms with E-state index in [2.05, 4.69) is 0 Å². The van der Waals surface area contributed by atoms with Gasteiger partial charge in [0.15, 0.2) is 0 Å². The Hall–Kier alpha value is -4.37. The van der Waals surface area contributed by atoms with Crippen LogP contribution in [-0.2, 0) is 99.9 Å². The van der Waals surface area contributed by atoms with E-state index in [1.54, 1.807) is 23.5 Å². The molecule has 1 saturated heterocycles. The fraction of sp³-hybridized carbons (Fsp3) is 0.879. The second-order valence-corrected chi connectivity index (χ2v) is 25.7. The Bertz CT molecular complexity index is 2030. The van der Waals surface area contributed by atoms with E-state index in [1.807, 2.05) is 27.7 Å². The van der Waals surface area contributed by atoms with E-state index < -0.39 is 187 Å². The average molecular weight is 1380 g/mol. The van der Waals surface area contributed by atoms with Crippen molar-refractivity contribution < 1.29 is 155 Å². The minimum Gasteiger partial charge on any atom is -0.465 e. The third-order valence-corrected chi connectivity index (χ3v) is 15.1. The molecule has 7 unspecified atom stereocenters. The van der Waals surface area contributed by atoms with Gasteiger partial charge in [0.05, 0.1) is 118 Å². The molecule has 538 valence electrons. The molecule has 0 aromatic carbocycles. The summed E-state index contributed by atoms with van der Waals surface area (Å²) < 4.78 is 84.7. The Morgan fingerprint density at radius 3 is 1.26 bits per heavy atom. The number of rotatable bonds is 53. The maximum Gasteiger partial charge on any atom is 0.508 e. The highest BCUT2D eigenvalue weighted by molar-refractivity contribution is 7.99. The Kier molecular flexibility index (Phi) is 45.8. The normalized spacial score (nSPS) is 17.1. The molecule has 0 saturated carbocycles. The molecule has 1 aliphatic rings. The lowest BCUT2D eigenvalue weighted by atomic mass is 9.92. The van der Waals surface area contributed by atoms with E-state index in [-0.39, 0.29) is 51.5 Å². The predicted molar refractivity (Wildman–Crippen MR) is 323 cm³/mol. The van der Waals surface area contributed by atoms with E-state index in [0.29, 0.717) is 75.1 Å². The number of carbonyl (C=O) groups is 7. The van der Waals surface area contributed by atoms with Crippen LogP contribution in [0.1, 0.15) is 81.1 Å². The van der Waals surface area contributed by atoms with Crippen molar-refractivity contribution in [1.29, 1.82) is 0 Å². The lowest BCUT2D eigenvalue weighted by Crippen LogP contribution is -2.50. The largest absolute Gasteiger partial charge is 0.508 e. The van der Waals surface area contributed by atoms with Crippen molar-refractivity contribution in [3.63, 3.8) is 0 Å². The molecule has 1 heterocycles. The maximum atomic E-state index is 13.2. The molecule has 1 aliphatic heterocycles. The Morgan fingerprint density at radius 1 is 0.457 bits per heavy atom. The van der Waals surface area contributed by atoms with Gasteiger partial charge in [-0.2, -0.15) is 23.5 Å². The van der Waals surface area contributed by atoms with Gasteiger partial charge in [0, 0.05) is 11.5 Å². The van der Waals surface area contributed by atoms with E-state index >= 15 is 0 Å². The fourth-order valence-electron chi connectivity index (χ4n) is 6.66. The van der Waals surface area contributed by atoms with Crippen LogP contribution in [0.5, 0.6) is 0 Å². The molecule has 0 aromatic heterocycles. The van der Waals surface area contributed by atoms with E-state index in [1.165, 1.54) is 27.7 Å². The number of carbonyl (C=O) groups excluding carboxylic acids is 7. The summed E-state index contributed by atoms with van der Waals surface area (Å²) >= 11 is 3.13. The van der Waals surface area contributed by atoms with Crippen molar-refractivity contribution >= 4 is 66.1 Å². The van der Waals surface area contributed by atoms with E-state index in [9.17, 15) is 59.1 Å². The van der Waals surface area contributed by atoms with Gasteiger partial charge in [0.1, 0.15) is 86.9 Å². The first-order chi connectivity index (χ1) is 43.8. The van der Waals surface area contributed by atoms with E-state index in [4.69, 9.17) is 95.8 Å². The summed E-state index contributed by atoms with van der Waals surface area (Å²) in [6.07, 6.45) is -7.77. The lowest BCUT2D eigenvalue weighted by molar-refractivity contribution is -0.466. The number of hydrogen-bond acceptors (Lipinski definition) is 34. The molecule has 0 radical (unpaired) electrons. The molecule has 0 bridgehead atoms. The summed E-state index contributed by atoms with van der Waals surface area (Å²) in [5.41, 5.74) is -6.56. The van der Waals surface area contributed by atoms with Crippen LogP contribution in [0.2, 0.25) is 0 Å². The van der Waals surface area contributed by atoms with Gasteiger partial charge in [-0.05, 0) is 76.7 Å². The van der Waals surface area contributed by atoms with Crippen LogP contribution in [0.25, 0.3) is 0 Å². The Labute approximate surface area is 545 Å². The zero-order chi connectivity index (χ0) is 68.9. The van der Waals surface area contributed by atoms with Crippen molar-refractivity contribution in [1.82, 2.24) is 0 Å². The van der Waals surface area contributed by atoms with E-state index in [0.717, 1.165) is 0 Å². The molecule has 0 spiro atoms. The van der Waals surface area contributed by atoms with Crippen molar-refractivity contribution in [2.75, 3.05) is 182 Å². The van der Waals surface area contributed by atoms with Gasteiger partial charge in [0.2, 0.25) is 6.29 Å². The zero-order valence-corrected chi connectivity index (χ0v) is 56.0. The lowest BCUT2D eigenvalue weighted by Gasteiger charge is -2.38. The molecule has 0 aromatic rings. The van der Waals surface area contributed by atoms with Gasteiger partial charge in [-0.3, -0.25) is 14.4 Å². The molecular formula is C58H102O32S2. The first-order valence-electron chi connectivity index (χ1n) is 30.3. The number of esters is 3. The smallest absolute Gasteiger partial charge is 0.465 e. The summed E-state index contributed by atoms with van der Waals surface area (Å²) in [5.74, 6) is 0.329. The monoisotopic (exact) mass is 1370 g/mol. The van der Waals surface area contributed by atoms with Crippen LogP contribution < -0.4 is 0 Å². The number of aliphatic hydroxyl groups is 7. The molecular weight excluding hydrogens is 1270 g/mol. The summed E-state index contributed by atoms with van der Waals surface area (Å²) in [6.45, 7) is 6.75. The van der Waals surface area contributed by atoms with Crippen molar-refractivity contribution in [3.8, 4) is 0 Å². The number of hydrogen-bond donors (Lipinski definition) is 7. The summed E-state index contributed by atoms with van der Waals surface area (Å²) in [5, 5.41) is 67.1. The standard InChI is InChI=1S/C58H102O32S2/c1-41(2)11-15-77-51(69)85-37-57(7,49(68)81-30-43(65)29-79-44(25-59)26-60)38-86-53(71)83-35-55(5,33-63)47(66)75-13-9-21-91-23-19-73-17-18-74-20-24-92-22-10-14-76-48(67)56(6,34-64)36-84-54(72)88-40-58(8,39-87-52(70)78-16-12-42(3)4)50-82-32-46(89-90-50)31-80-45(27-61)28-62/h41-46,50,59-65H,9-40H2,1-8H3. The highest BCUT2D eigenvalue weighted by atomic mass is 32.2. The number of ether oxygens (including phenoxy) is 16. The van der Waals surface area contributed by atoms with Gasteiger partial charge in [-0.25, -0.2) is 29.0 Å². The zero-order valence-electron chi connectivity index (χ0n) is 54.3. The van der Waals surface area contributed by atoms with Crippen LogP contribution in [0.15, 0.2) is 0 Å². The maximum absolute atomic E-state index is 13.2. The third kappa shape index (κ3) is 37.7. The molecule has 0 amide bonds. The molecule has 1 fully saturated rings. The van der Waals surface area contributed by atoms with Crippen molar-refractivity contribution in [3.05, 3.63) is 0 Å². The van der Waals surface area contributed by atoms with Crippen LogP contribution >= 0.6 is 23.5 Å². The van der Waals surface area contributed by atoms with Gasteiger partial charge in [0.25, 0.3) is 0 Å². The first-order valence-corrected chi connectivity index (χ1v) is 32.6. The second-order valence-electron chi connectivity index (χ2n) is 23.2. The number of thioether (sulfide) groups is 2. The number of aliphatic hydroxyl groups excluding tert-OH is 7. The summed E-state index contributed by atoms with van der Waals surface area (Å²) in [4.78, 5) is 100.0. The van der Waals surface area contributed by atoms with Gasteiger partial charge in [-0.15, -0.1) is 0 Å². The van der Waals surface area contributed by atoms with Crippen molar-refractivity contribution in [2.45, 2.75) is 112 Å². The van der Waals surface area contributed by atoms with Crippen LogP contribution in [0.3, 0.4) is 0 Å². The third-order valence-electron chi connectivity index (χ3n) is 13.1. The SMILES string of the molecule is CC(C)CCOC(=O)OCC(C)(COC(=O)OCC(C)(CO)C(=O)OCCCSCCOCCOCCSCCCOC(=O)C(C)(CO)COC(=O)OCC(C)(COC(=O)OCCC(C)C)C1OCC(COC(CO)CO)OO1)C(=O)OCC(O)COC(CO)CO. The first kappa shape index (κ1) is 85.6. The molecule has 34 heteroatoms. The highest BCUT2D eigenvalue weighted by Crippen LogP contribution is 2.31. The average Bonchev–Trinajstić information content (AvgIpc) is 0.926. The van der Waals surface area contributed by atoms with Crippen molar-refractivity contribution in [2.24, 2.45) is 33.5 Å². The minimum atomic E-state index is -1.86. The van der Waals surface area contributed by atoms with Crippen LogP contribution in [0, 0.1) is 33.5 Å².